The molecule has 21 heavy (non-hydrogen) atoms. The van der Waals surface area contributed by atoms with E-state index in [9.17, 15) is 9.59 Å². The number of rotatable bonds is 4. The van der Waals surface area contributed by atoms with Crippen molar-refractivity contribution in [3.05, 3.63) is 29.3 Å². The molecular formula is C16H22N2O3. The van der Waals surface area contributed by atoms with Crippen LogP contribution in [-0.4, -0.2) is 41.6 Å². The van der Waals surface area contributed by atoms with Gasteiger partial charge >= 0.3 is 12.0 Å². The van der Waals surface area contributed by atoms with E-state index in [2.05, 4.69) is 13.8 Å². The van der Waals surface area contributed by atoms with Crippen LogP contribution in [0, 0.1) is 0 Å². The van der Waals surface area contributed by atoms with Gasteiger partial charge in [0.1, 0.15) is 0 Å². The summed E-state index contributed by atoms with van der Waals surface area (Å²) in [5.41, 5.74) is 2.04. The zero-order chi connectivity index (χ0) is 15.6. The highest BCUT2D eigenvalue weighted by molar-refractivity contribution is 5.96. The molecule has 0 spiro atoms. The van der Waals surface area contributed by atoms with Crippen LogP contribution in [0.4, 0.5) is 10.5 Å². The van der Waals surface area contributed by atoms with E-state index in [1.807, 2.05) is 7.05 Å². The lowest BCUT2D eigenvalue weighted by molar-refractivity contribution is 0.0697. The molecule has 0 unspecified atom stereocenters. The first kappa shape index (κ1) is 15.4. The van der Waals surface area contributed by atoms with Gasteiger partial charge < -0.3 is 10.0 Å². The van der Waals surface area contributed by atoms with Crippen molar-refractivity contribution in [2.75, 3.05) is 18.5 Å². The quantitative estimate of drug-likeness (QED) is 0.927. The number of aromatic carboxylic acids is 1. The van der Waals surface area contributed by atoms with Crippen LogP contribution in [0.25, 0.3) is 0 Å². The van der Waals surface area contributed by atoms with Crippen LogP contribution in [0.2, 0.25) is 0 Å². The highest BCUT2D eigenvalue weighted by atomic mass is 16.4. The number of carboxylic acid groups (broad SMARTS) is 1. The summed E-state index contributed by atoms with van der Waals surface area (Å²) in [6.45, 7) is 4.77. The Balaban J connectivity index is 2.22. The highest BCUT2D eigenvalue weighted by Gasteiger charge is 2.29. The van der Waals surface area contributed by atoms with E-state index in [1.54, 1.807) is 28.0 Å². The third-order valence-corrected chi connectivity index (χ3v) is 4.24. The number of urea groups is 1. The van der Waals surface area contributed by atoms with Crippen molar-refractivity contribution in [1.82, 2.24) is 4.90 Å². The third-order valence-electron chi connectivity index (χ3n) is 4.24. The molecule has 0 aromatic heterocycles. The van der Waals surface area contributed by atoms with E-state index >= 15 is 0 Å². The fraction of sp³-hybridized carbons (Fsp3) is 0.500. The Labute approximate surface area is 125 Å². The van der Waals surface area contributed by atoms with Crippen molar-refractivity contribution >= 4 is 17.7 Å². The summed E-state index contributed by atoms with van der Waals surface area (Å²) in [5, 5.41) is 9.03. The molecule has 1 N–H and O–H groups in total. The van der Waals surface area contributed by atoms with Crippen LogP contribution in [0.3, 0.4) is 0 Å². The minimum atomic E-state index is -0.934. The van der Waals surface area contributed by atoms with Crippen molar-refractivity contribution < 1.29 is 14.7 Å². The smallest absolute Gasteiger partial charge is 0.335 e. The molecule has 114 valence electrons. The number of amides is 2. The molecular weight excluding hydrogens is 268 g/mol. The predicted octanol–water partition coefficient (Wildman–Crippen LogP) is 2.99. The summed E-state index contributed by atoms with van der Waals surface area (Å²) < 4.78 is 0. The summed E-state index contributed by atoms with van der Waals surface area (Å²) in [6.07, 6.45) is 2.56. The molecule has 0 saturated heterocycles. The lowest BCUT2D eigenvalue weighted by Crippen LogP contribution is -2.45. The molecule has 5 heteroatoms. The maximum atomic E-state index is 12.6. The molecule has 2 rings (SSSR count). The fourth-order valence-electron chi connectivity index (χ4n) is 2.92. The van der Waals surface area contributed by atoms with E-state index in [0.717, 1.165) is 24.1 Å². The lowest BCUT2D eigenvalue weighted by Gasteiger charge is -2.31. The van der Waals surface area contributed by atoms with Crippen molar-refractivity contribution in [1.29, 1.82) is 0 Å². The molecule has 2 amide bonds. The van der Waals surface area contributed by atoms with Crippen molar-refractivity contribution in [3.8, 4) is 0 Å². The molecule has 1 aliphatic heterocycles. The zero-order valence-corrected chi connectivity index (χ0v) is 12.8. The number of carbonyl (C=O) groups excluding carboxylic acids is 1. The Morgan fingerprint density at radius 3 is 2.57 bits per heavy atom. The van der Waals surface area contributed by atoms with E-state index in [-0.39, 0.29) is 17.6 Å². The number of anilines is 1. The van der Waals surface area contributed by atoms with Crippen LogP contribution >= 0.6 is 0 Å². The van der Waals surface area contributed by atoms with Crippen molar-refractivity contribution in [3.63, 3.8) is 0 Å². The molecule has 0 aliphatic carbocycles. The molecule has 0 radical (unpaired) electrons. The summed E-state index contributed by atoms with van der Waals surface area (Å²) in [7, 11) is 1.84. The number of nitrogens with zero attached hydrogens (tertiary/aromatic N) is 2. The summed E-state index contributed by atoms with van der Waals surface area (Å²) in [6, 6.07) is 5.20. The Morgan fingerprint density at radius 2 is 2.00 bits per heavy atom. The predicted molar refractivity (Wildman–Crippen MR) is 82.0 cm³/mol. The number of carbonyl (C=O) groups is 2. The standard InChI is InChI=1S/C16H22N2O3/c1-4-13(5-2)17(3)16(21)18-9-8-11-10-12(15(19)20)6-7-14(11)18/h6-7,10,13H,4-5,8-9H2,1-3H3,(H,19,20). The molecule has 1 heterocycles. The Hall–Kier alpha value is -2.04. The molecule has 1 aromatic carbocycles. The van der Waals surface area contributed by atoms with Gasteiger partial charge in [0.05, 0.1) is 5.56 Å². The SMILES string of the molecule is CCC(CC)N(C)C(=O)N1CCc2cc(C(=O)O)ccc21. The van der Waals surface area contributed by atoms with Crippen LogP contribution < -0.4 is 4.90 Å². The molecule has 0 atom stereocenters. The van der Waals surface area contributed by atoms with Gasteiger partial charge in [0.25, 0.3) is 0 Å². The van der Waals surface area contributed by atoms with Crippen LogP contribution in [-0.2, 0) is 6.42 Å². The van der Waals surface area contributed by atoms with E-state index in [4.69, 9.17) is 5.11 Å². The first-order valence-corrected chi connectivity index (χ1v) is 7.40. The van der Waals surface area contributed by atoms with Gasteiger partial charge in [0, 0.05) is 25.3 Å². The molecule has 0 saturated carbocycles. The van der Waals surface area contributed by atoms with Gasteiger partial charge in [-0.1, -0.05) is 13.8 Å². The van der Waals surface area contributed by atoms with Gasteiger partial charge in [0.15, 0.2) is 0 Å². The van der Waals surface area contributed by atoms with Gasteiger partial charge in [0.2, 0.25) is 0 Å². The topological polar surface area (TPSA) is 60.9 Å². The fourth-order valence-corrected chi connectivity index (χ4v) is 2.92. The van der Waals surface area contributed by atoms with Gasteiger partial charge in [-0.3, -0.25) is 4.90 Å². The Morgan fingerprint density at radius 1 is 1.33 bits per heavy atom. The number of benzene rings is 1. The normalized spacial score (nSPS) is 13.4. The van der Waals surface area contributed by atoms with Crippen molar-refractivity contribution in [2.45, 2.75) is 39.2 Å². The number of hydrogen-bond acceptors (Lipinski definition) is 2. The molecule has 0 bridgehead atoms. The average Bonchev–Trinajstić information content (AvgIpc) is 2.90. The van der Waals surface area contributed by atoms with Crippen molar-refractivity contribution in [2.24, 2.45) is 0 Å². The third kappa shape index (κ3) is 2.86. The average molecular weight is 290 g/mol. The minimum Gasteiger partial charge on any atom is -0.478 e. The van der Waals surface area contributed by atoms with Crippen LogP contribution in [0.5, 0.6) is 0 Å². The molecule has 5 nitrogen and oxygen atoms in total. The van der Waals surface area contributed by atoms with Crippen LogP contribution in [0.1, 0.15) is 42.6 Å². The summed E-state index contributed by atoms with van der Waals surface area (Å²) >= 11 is 0. The Bertz CT molecular complexity index is 552. The second-order valence-corrected chi connectivity index (χ2v) is 5.41. The second-order valence-electron chi connectivity index (χ2n) is 5.41. The van der Waals surface area contributed by atoms with Gasteiger partial charge in [-0.2, -0.15) is 0 Å². The second kappa shape index (κ2) is 6.16. The lowest BCUT2D eigenvalue weighted by atomic mass is 10.1. The van der Waals surface area contributed by atoms with Crippen LogP contribution in [0.15, 0.2) is 18.2 Å². The highest BCUT2D eigenvalue weighted by Crippen LogP contribution is 2.30. The minimum absolute atomic E-state index is 0.00877. The van der Waals surface area contributed by atoms with E-state index < -0.39 is 5.97 Å². The summed E-state index contributed by atoms with van der Waals surface area (Å²) in [5.74, 6) is -0.934. The zero-order valence-electron chi connectivity index (χ0n) is 12.8. The molecule has 1 aromatic rings. The first-order chi connectivity index (χ1) is 9.99. The maximum absolute atomic E-state index is 12.6. The Kier molecular flexibility index (Phi) is 4.50. The van der Waals surface area contributed by atoms with Gasteiger partial charge in [-0.15, -0.1) is 0 Å². The summed E-state index contributed by atoms with van der Waals surface area (Å²) in [4.78, 5) is 27.2. The molecule has 1 aliphatic rings. The molecule has 0 fully saturated rings. The number of carboxylic acids is 1. The van der Waals surface area contributed by atoms with Gasteiger partial charge in [-0.05, 0) is 43.0 Å². The number of hydrogen-bond donors (Lipinski definition) is 1. The van der Waals surface area contributed by atoms with E-state index in [1.165, 1.54) is 0 Å². The number of fused-ring (bicyclic) bond motifs is 1. The monoisotopic (exact) mass is 290 g/mol. The largest absolute Gasteiger partial charge is 0.478 e. The van der Waals surface area contributed by atoms with Gasteiger partial charge in [-0.25, -0.2) is 9.59 Å². The maximum Gasteiger partial charge on any atom is 0.335 e. The first-order valence-electron chi connectivity index (χ1n) is 7.40. The van der Waals surface area contributed by atoms with E-state index in [0.29, 0.717) is 13.0 Å².